The highest BCUT2D eigenvalue weighted by Gasteiger charge is 2.34. The molecule has 3 aliphatic rings. The van der Waals surface area contributed by atoms with Crippen LogP contribution in [0.5, 0.6) is 0 Å². The first-order chi connectivity index (χ1) is 11.1. The molecule has 1 fully saturated rings. The van der Waals surface area contributed by atoms with E-state index in [1.807, 2.05) is 23.2 Å². The van der Waals surface area contributed by atoms with Crippen molar-refractivity contribution in [3.05, 3.63) is 46.9 Å². The van der Waals surface area contributed by atoms with Crippen molar-refractivity contribution in [3.63, 3.8) is 0 Å². The van der Waals surface area contributed by atoms with E-state index in [1.54, 1.807) is 0 Å². The summed E-state index contributed by atoms with van der Waals surface area (Å²) in [7, 11) is 0. The Morgan fingerprint density at radius 3 is 2.78 bits per heavy atom. The smallest absolute Gasteiger partial charge is 0.272 e. The van der Waals surface area contributed by atoms with Gasteiger partial charge in [0, 0.05) is 42.2 Å². The highest BCUT2D eigenvalue weighted by atomic mass is 16.2. The molecular weight excluding hydrogens is 286 g/mol. The summed E-state index contributed by atoms with van der Waals surface area (Å²) in [5.41, 5.74) is 4.97. The van der Waals surface area contributed by atoms with E-state index in [0.29, 0.717) is 17.8 Å². The molecule has 0 saturated carbocycles. The zero-order valence-corrected chi connectivity index (χ0v) is 13.6. The van der Waals surface area contributed by atoms with Crippen LogP contribution in [0.15, 0.2) is 35.1 Å². The SMILES string of the molecule is CC1CC[C@@H](C)N1C(=O)C1=CCC(c2ccnc3c2C=CC3)=N1. The molecule has 0 N–H and O–H groups in total. The number of hydrogen-bond acceptors (Lipinski definition) is 3. The molecule has 0 spiro atoms. The summed E-state index contributed by atoms with van der Waals surface area (Å²) in [5, 5.41) is 0. The first-order valence-corrected chi connectivity index (χ1v) is 8.40. The number of rotatable bonds is 2. The zero-order chi connectivity index (χ0) is 16.0. The van der Waals surface area contributed by atoms with Gasteiger partial charge in [0.1, 0.15) is 5.70 Å². The fourth-order valence-electron chi connectivity index (χ4n) is 3.87. The van der Waals surface area contributed by atoms with Crippen molar-refractivity contribution >= 4 is 17.7 Å². The van der Waals surface area contributed by atoms with Crippen molar-refractivity contribution in [3.8, 4) is 0 Å². The van der Waals surface area contributed by atoms with Crippen molar-refractivity contribution in [1.29, 1.82) is 0 Å². The summed E-state index contributed by atoms with van der Waals surface area (Å²) in [5.74, 6) is 0.0822. The molecule has 3 heterocycles. The summed E-state index contributed by atoms with van der Waals surface area (Å²) in [6, 6.07) is 2.63. The van der Waals surface area contributed by atoms with Crippen molar-refractivity contribution in [2.45, 2.75) is 51.6 Å². The number of fused-ring (bicyclic) bond motifs is 1. The standard InChI is InChI=1S/C19H21N3O/c1-12-6-7-13(2)22(12)19(23)18-9-8-17(21-18)15-10-11-20-16-5-3-4-14(15)16/h3-4,9-13H,5-8H2,1-2H3/t12-,13?/m1/s1. The van der Waals surface area contributed by atoms with Crippen LogP contribution in [0.3, 0.4) is 0 Å². The molecular formula is C19H21N3O. The minimum atomic E-state index is 0.0822. The van der Waals surface area contributed by atoms with Crippen LogP contribution in [-0.2, 0) is 11.2 Å². The number of likely N-dealkylation sites (tertiary alicyclic amines) is 1. The zero-order valence-electron chi connectivity index (χ0n) is 13.6. The Morgan fingerprint density at radius 1 is 1.22 bits per heavy atom. The molecule has 4 rings (SSSR count). The fourth-order valence-corrected chi connectivity index (χ4v) is 3.87. The Labute approximate surface area is 136 Å². The molecule has 2 atom stereocenters. The Hall–Kier alpha value is -2.23. The third-order valence-corrected chi connectivity index (χ3v) is 5.13. The number of aromatic nitrogens is 1. The van der Waals surface area contributed by atoms with Gasteiger partial charge in [-0.15, -0.1) is 0 Å². The second-order valence-electron chi connectivity index (χ2n) is 6.67. The number of carbonyl (C=O) groups is 1. The maximum Gasteiger partial charge on any atom is 0.272 e. The molecule has 118 valence electrons. The molecule has 4 nitrogen and oxygen atoms in total. The molecule has 0 aromatic carbocycles. The summed E-state index contributed by atoms with van der Waals surface area (Å²) in [4.78, 5) is 23.9. The lowest BCUT2D eigenvalue weighted by molar-refractivity contribution is -0.129. The van der Waals surface area contributed by atoms with E-state index in [9.17, 15) is 4.79 Å². The maximum absolute atomic E-state index is 12.8. The van der Waals surface area contributed by atoms with Crippen LogP contribution >= 0.6 is 0 Å². The predicted octanol–water partition coefficient (Wildman–Crippen LogP) is 3.13. The van der Waals surface area contributed by atoms with Crippen LogP contribution in [-0.4, -0.2) is 33.6 Å². The topological polar surface area (TPSA) is 45.6 Å². The van der Waals surface area contributed by atoms with Gasteiger partial charge < -0.3 is 4.90 Å². The second-order valence-corrected chi connectivity index (χ2v) is 6.67. The van der Waals surface area contributed by atoms with Crippen LogP contribution in [0.1, 0.15) is 49.9 Å². The summed E-state index contributed by atoms with van der Waals surface area (Å²) < 4.78 is 0. The van der Waals surface area contributed by atoms with E-state index < -0.39 is 0 Å². The third-order valence-electron chi connectivity index (χ3n) is 5.13. The minimum absolute atomic E-state index is 0.0822. The number of pyridine rings is 1. The molecule has 1 aromatic heterocycles. The van der Waals surface area contributed by atoms with Gasteiger partial charge in [-0.3, -0.25) is 9.78 Å². The second kappa shape index (κ2) is 5.44. The number of carbonyl (C=O) groups excluding carboxylic acids is 1. The van der Waals surface area contributed by atoms with Crippen LogP contribution in [0, 0.1) is 0 Å². The van der Waals surface area contributed by atoms with Gasteiger partial charge in [-0.05, 0) is 38.8 Å². The molecule has 2 aliphatic heterocycles. The molecule has 1 saturated heterocycles. The molecule has 4 heteroatoms. The number of hydrogen-bond donors (Lipinski definition) is 0. The van der Waals surface area contributed by atoms with E-state index in [0.717, 1.165) is 48.2 Å². The van der Waals surface area contributed by atoms with E-state index in [-0.39, 0.29) is 5.91 Å². The van der Waals surface area contributed by atoms with Gasteiger partial charge in [0.25, 0.3) is 5.91 Å². The maximum atomic E-state index is 12.8. The number of amides is 1. The van der Waals surface area contributed by atoms with Crippen molar-refractivity contribution in [2.24, 2.45) is 4.99 Å². The van der Waals surface area contributed by atoms with Crippen LogP contribution < -0.4 is 0 Å². The Morgan fingerprint density at radius 2 is 2.00 bits per heavy atom. The number of aliphatic imine (C=N–C) groups is 1. The van der Waals surface area contributed by atoms with Gasteiger partial charge >= 0.3 is 0 Å². The monoisotopic (exact) mass is 307 g/mol. The van der Waals surface area contributed by atoms with Crippen LogP contribution in [0.2, 0.25) is 0 Å². The van der Waals surface area contributed by atoms with Crippen molar-refractivity contribution in [2.75, 3.05) is 0 Å². The first kappa shape index (κ1) is 14.4. The van der Waals surface area contributed by atoms with E-state index in [2.05, 4.69) is 36.0 Å². The van der Waals surface area contributed by atoms with Gasteiger partial charge in [-0.2, -0.15) is 0 Å². The van der Waals surface area contributed by atoms with Gasteiger partial charge in [-0.25, -0.2) is 4.99 Å². The third kappa shape index (κ3) is 2.33. The normalized spacial score (nSPS) is 25.6. The molecule has 1 aliphatic carbocycles. The molecule has 1 aromatic rings. The number of nitrogens with zero attached hydrogens (tertiary/aromatic N) is 3. The summed E-state index contributed by atoms with van der Waals surface area (Å²) in [6.07, 6.45) is 11.8. The van der Waals surface area contributed by atoms with Crippen LogP contribution in [0.25, 0.3) is 6.08 Å². The van der Waals surface area contributed by atoms with Gasteiger partial charge in [-0.1, -0.05) is 12.2 Å². The van der Waals surface area contributed by atoms with Gasteiger partial charge in [0.15, 0.2) is 0 Å². The average molecular weight is 307 g/mol. The van der Waals surface area contributed by atoms with Crippen molar-refractivity contribution in [1.82, 2.24) is 9.88 Å². The number of allylic oxidation sites excluding steroid dienone is 2. The lowest BCUT2D eigenvalue weighted by Crippen LogP contribution is -2.39. The highest BCUT2D eigenvalue weighted by molar-refractivity contribution is 6.10. The molecule has 0 radical (unpaired) electrons. The molecule has 1 amide bonds. The van der Waals surface area contributed by atoms with Gasteiger partial charge in [0.2, 0.25) is 0 Å². The van der Waals surface area contributed by atoms with E-state index in [4.69, 9.17) is 0 Å². The Balaban J connectivity index is 1.61. The predicted molar refractivity (Wildman–Crippen MR) is 91.2 cm³/mol. The quantitative estimate of drug-likeness (QED) is 0.842. The largest absolute Gasteiger partial charge is 0.332 e. The lowest BCUT2D eigenvalue weighted by Gasteiger charge is -2.25. The Kier molecular flexibility index (Phi) is 3.40. The summed E-state index contributed by atoms with van der Waals surface area (Å²) in [6.45, 7) is 4.25. The molecule has 23 heavy (non-hydrogen) atoms. The summed E-state index contributed by atoms with van der Waals surface area (Å²) >= 11 is 0. The minimum Gasteiger partial charge on any atom is -0.332 e. The van der Waals surface area contributed by atoms with E-state index >= 15 is 0 Å². The first-order valence-electron chi connectivity index (χ1n) is 8.40. The van der Waals surface area contributed by atoms with Crippen molar-refractivity contribution < 1.29 is 4.79 Å². The molecule has 0 bridgehead atoms. The van der Waals surface area contributed by atoms with E-state index in [1.165, 1.54) is 0 Å². The lowest BCUT2D eigenvalue weighted by atomic mass is 10.0. The van der Waals surface area contributed by atoms with Crippen LogP contribution in [0.4, 0.5) is 0 Å². The Bertz CT molecular complexity index is 750. The average Bonchev–Trinajstić information content (AvgIpc) is 3.26. The fraction of sp³-hybridized carbons (Fsp3) is 0.421. The van der Waals surface area contributed by atoms with Gasteiger partial charge in [0.05, 0.1) is 11.4 Å². The highest BCUT2D eigenvalue weighted by Crippen LogP contribution is 2.29. The molecule has 1 unspecified atom stereocenters.